The van der Waals surface area contributed by atoms with Crippen LogP contribution in [-0.2, 0) is 14.8 Å². The summed E-state index contributed by atoms with van der Waals surface area (Å²) >= 11 is 0. The van der Waals surface area contributed by atoms with Crippen LogP contribution in [0.1, 0.15) is 11.7 Å². The standard InChI is InChI=1S/C8H7N5O3S/c14-5-9-17(15,16)7-3-1-6(2-4-7)8-10-12-13-11-8/h1-5,8H,(H,9,14). The second kappa shape index (κ2) is 4.37. The molecule has 0 aliphatic carbocycles. The number of hydrogen-bond acceptors (Lipinski definition) is 7. The second-order valence-electron chi connectivity index (χ2n) is 3.09. The Kier molecular flexibility index (Phi) is 2.91. The van der Waals surface area contributed by atoms with Gasteiger partial charge in [-0.15, -0.1) is 10.2 Å². The summed E-state index contributed by atoms with van der Waals surface area (Å²) < 4.78 is 24.6. The van der Waals surface area contributed by atoms with E-state index in [1.54, 1.807) is 4.72 Å². The van der Waals surface area contributed by atoms with Crippen LogP contribution in [-0.4, -0.2) is 14.8 Å². The molecule has 0 spiro atoms. The number of benzene rings is 1. The highest BCUT2D eigenvalue weighted by Gasteiger charge is 2.16. The summed E-state index contributed by atoms with van der Waals surface area (Å²) in [5.74, 6) is 0. The molecule has 0 atom stereocenters. The fraction of sp³-hybridized carbons (Fsp3) is 0.125. The normalized spacial score (nSPS) is 15.1. The number of carbonyl (C=O) groups excluding carboxylic acids is 1. The minimum Gasteiger partial charge on any atom is -0.278 e. The van der Waals surface area contributed by atoms with Gasteiger partial charge in [0.15, 0.2) is 0 Å². The molecule has 1 heterocycles. The number of nitrogens with one attached hydrogen (secondary N) is 1. The number of sulfonamides is 1. The third-order valence-corrected chi connectivity index (χ3v) is 3.35. The average Bonchev–Trinajstić information content (AvgIpc) is 2.82. The van der Waals surface area contributed by atoms with Crippen molar-refractivity contribution in [3.05, 3.63) is 29.8 Å². The first kappa shape index (κ1) is 11.3. The van der Waals surface area contributed by atoms with Crippen molar-refractivity contribution in [2.24, 2.45) is 20.7 Å². The maximum atomic E-state index is 11.4. The summed E-state index contributed by atoms with van der Waals surface area (Å²) in [4.78, 5) is 10.1. The Labute approximate surface area is 96.5 Å². The fourth-order valence-electron chi connectivity index (χ4n) is 1.25. The first-order valence-corrected chi connectivity index (χ1v) is 5.98. The molecule has 0 radical (unpaired) electrons. The zero-order chi connectivity index (χ0) is 12.3. The van der Waals surface area contributed by atoms with Crippen molar-refractivity contribution < 1.29 is 13.2 Å². The smallest absolute Gasteiger partial charge is 0.263 e. The summed E-state index contributed by atoms with van der Waals surface area (Å²) in [6.07, 6.45) is -0.409. The number of carbonyl (C=O) groups is 1. The number of rotatable bonds is 4. The lowest BCUT2D eigenvalue weighted by atomic mass is 10.2. The van der Waals surface area contributed by atoms with E-state index >= 15 is 0 Å². The van der Waals surface area contributed by atoms with Gasteiger partial charge in [-0.1, -0.05) is 12.1 Å². The average molecular weight is 253 g/mol. The number of nitrogens with zero attached hydrogens (tertiary/aromatic N) is 4. The fourth-order valence-corrected chi connectivity index (χ4v) is 2.01. The molecule has 88 valence electrons. The van der Waals surface area contributed by atoms with E-state index in [0.717, 1.165) is 0 Å². The van der Waals surface area contributed by atoms with Crippen molar-refractivity contribution in [1.82, 2.24) is 4.72 Å². The van der Waals surface area contributed by atoms with Crippen LogP contribution in [0.5, 0.6) is 0 Å². The lowest BCUT2D eigenvalue weighted by Gasteiger charge is -2.04. The van der Waals surface area contributed by atoms with Gasteiger partial charge >= 0.3 is 0 Å². The van der Waals surface area contributed by atoms with Crippen LogP contribution in [0.3, 0.4) is 0 Å². The van der Waals surface area contributed by atoms with Crippen molar-refractivity contribution in [2.75, 3.05) is 0 Å². The predicted molar refractivity (Wildman–Crippen MR) is 55.3 cm³/mol. The van der Waals surface area contributed by atoms with E-state index in [-0.39, 0.29) is 11.3 Å². The van der Waals surface area contributed by atoms with E-state index in [0.29, 0.717) is 5.56 Å². The Morgan fingerprint density at radius 1 is 1.12 bits per heavy atom. The molecule has 0 saturated carbocycles. The molecule has 1 aliphatic rings. The number of amides is 1. The highest BCUT2D eigenvalue weighted by atomic mass is 32.2. The Bertz CT molecular complexity index is 566. The summed E-state index contributed by atoms with van der Waals surface area (Å²) in [6.45, 7) is 0. The van der Waals surface area contributed by atoms with Crippen LogP contribution >= 0.6 is 0 Å². The summed E-state index contributed by atoms with van der Waals surface area (Å²) in [7, 11) is -3.78. The van der Waals surface area contributed by atoms with Crippen LogP contribution in [0, 0.1) is 0 Å². The number of hydrogen-bond donors (Lipinski definition) is 1. The molecule has 0 fully saturated rings. The molecule has 1 aliphatic heterocycles. The molecule has 0 unspecified atom stereocenters. The topological polar surface area (TPSA) is 113 Å². The van der Waals surface area contributed by atoms with Gasteiger partial charge in [-0.25, -0.2) is 8.42 Å². The van der Waals surface area contributed by atoms with Crippen LogP contribution in [0.15, 0.2) is 49.8 Å². The Morgan fingerprint density at radius 3 is 2.24 bits per heavy atom. The Hall–Kier alpha value is -2.16. The van der Waals surface area contributed by atoms with Crippen molar-refractivity contribution in [3.63, 3.8) is 0 Å². The zero-order valence-corrected chi connectivity index (χ0v) is 9.20. The Balaban J connectivity index is 2.27. The third-order valence-electron chi connectivity index (χ3n) is 2.05. The molecule has 1 N–H and O–H groups in total. The lowest BCUT2D eigenvalue weighted by molar-refractivity contribution is -0.108. The van der Waals surface area contributed by atoms with Crippen LogP contribution in [0.2, 0.25) is 0 Å². The quantitative estimate of drug-likeness (QED) is 0.806. The van der Waals surface area contributed by atoms with Gasteiger partial charge in [0.25, 0.3) is 10.0 Å². The van der Waals surface area contributed by atoms with Crippen molar-refractivity contribution in [2.45, 2.75) is 11.1 Å². The molecule has 0 saturated heterocycles. The van der Waals surface area contributed by atoms with Gasteiger partial charge in [0.2, 0.25) is 12.6 Å². The maximum Gasteiger partial charge on any atom is 0.263 e. The van der Waals surface area contributed by atoms with E-state index < -0.39 is 16.2 Å². The second-order valence-corrected chi connectivity index (χ2v) is 4.81. The lowest BCUT2D eigenvalue weighted by Crippen LogP contribution is -2.21. The van der Waals surface area contributed by atoms with Gasteiger partial charge in [-0.3, -0.25) is 9.52 Å². The van der Waals surface area contributed by atoms with Crippen molar-refractivity contribution in [3.8, 4) is 0 Å². The van der Waals surface area contributed by atoms with E-state index in [2.05, 4.69) is 20.7 Å². The summed E-state index contributed by atoms with van der Waals surface area (Å²) in [5.41, 5.74) is 0.667. The van der Waals surface area contributed by atoms with Gasteiger partial charge in [-0.2, -0.15) is 0 Å². The molecule has 2 rings (SSSR count). The van der Waals surface area contributed by atoms with Gasteiger partial charge in [0.05, 0.1) is 4.90 Å². The summed E-state index contributed by atoms with van der Waals surface area (Å²) in [6, 6.07) is 5.77. The van der Waals surface area contributed by atoms with E-state index in [9.17, 15) is 13.2 Å². The van der Waals surface area contributed by atoms with Gasteiger partial charge in [-0.05, 0) is 22.6 Å². The SMILES string of the molecule is O=CNS(=O)(=O)c1ccc(C2N=NN=N2)cc1. The zero-order valence-electron chi connectivity index (χ0n) is 8.39. The first-order valence-electron chi connectivity index (χ1n) is 4.49. The molecule has 17 heavy (non-hydrogen) atoms. The van der Waals surface area contributed by atoms with Crippen LogP contribution < -0.4 is 4.72 Å². The van der Waals surface area contributed by atoms with Crippen molar-refractivity contribution >= 4 is 16.4 Å². The van der Waals surface area contributed by atoms with Crippen LogP contribution in [0.4, 0.5) is 0 Å². The third kappa shape index (κ3) is 2.33. The van der Waals surface area contributed by atoms with E-state index in [1.807, 2.05) is 0 Å². The van der Waals surface area contributed by atoms with Crippen molar-refractivity contribution in [1.29, 1.82) is 0 Å². The minimum atomic E-state index is -3.78. The predicted octanol–water partition coefficient (Wildman–Crippen LogP) is 0.953. The largest absolute Gasteiger partial charge is 0.278 e. The van der Waals surface area contributed by atoms with Gasteiger partial charge < -0.3 is 0 Å². The maximum absolute atomic E-state index is 11.4. The highest BCUT2D eigenvalue weighted by molar-refractivity contribution is 7.90. The molecule has 8 nitrogen and oxygen atoms in total. The van der Waals surface area contributed by atoms with Gasteiger partial charge in [0.1, 0.15) is 0 Å². The van der Waals surface area contributed by atoms with E-state index in [1.165, 1.54) is 24.3 Å². The molecule has 0 aromatic heterocycles. The highest BCUT2D eigenvalue weighted by Crippen LogP contribution is 2.24. The molecular weight excluding hydrogens is 246 g/mol. The monoisotopic (exact) mass is 253 g/mol. The van der Waals surface area contributed by atoms with E-state index in [4.69, 9.17) is 0 Å². The van der Waals surface area contributed by atoms with Crippen LogP contribution in [0.25, 0.3) is 0 Å². The molecule has 1 aromatic rings. The molecule has 9 heteroatoms. The molecule has 0 bridgehead atoms. The first-order chi connectivity index (χ1) is 8.13. The summed E-state index contributed by atoms with van der Waals surface area (Å²) in [5, 5.41) is 14.1. The Morgan fingerprint density at radius 2 is 1.71 bits per heavy atom. The van der Waals surface area contributed by atoms with Gasteiger partial charge in [0, 0.05) is 5.56 Å². The molecule has 1 aromatic carbocycles. The molecular formula is C8H7N5O3S. The minimum absolute atomic E-state index is 0.0137. The molecule has 1 amide bonds.